The molecule has 0 bridgehead atoms. The number of nitrogens with two attached hydrogens (primary N) is 1. The number of halogens is 2. The summed E-state index contributed by atoms with van der Waals surface area (Å²) in [6.07, 6.45) is 0. The van der Waals surface area contributed by atoms with E-state index in [-0.39, 0.29) is 5.75 Å². The van der Waals surface area contributed by atoms with Crippen LogP contribution >= 0.6 is 27.5 Å². The topological polar surface area (TPSA) is 72.2 Å². The molecule has 20 heavy (non-hydrogen) atoms. The Morgan fingerprint density at radius 2 is 1.90 bits per heavy atom. The van der Waals surface area contributed by atoms with E-state index in [0.717, 1.165) is 0 Å². The van der Waals surface area contributed by atoms with Gasteiger partial charge in [-0.15, -0.1) is 0 Å². The van der Waals surface area contributed by atoms with E-state index in [1.165, 1.54) is 0 Å². The van der Waals surface area contributed by atoms with Gasteiger partial charge in [-0.1, -0.05) is 29.8 Å². The summed E-state index contributed by atoms with van der Waals surface area (Å²) in [5.74, 6) is -0.186. The van der Waals surface area contributed by atoms with Crippen LogP contribution in [0.5, 0.6) is 0 Å². The van der Waals surface area contributed by atoms with E-state index in [1.54, 1.807) is 42.5 Å². The zero-order chi connectivity index (χ0) is 14.8. The molecule has 0 aliphatic carbocycles. The molecule has 106 valence electrons. The zero-order valence-corrected chi connectivity index (χ0v) is 13.5. The maximum absolute atomic E-state index is 12.1. The van der Waals surface area contributed by atoms with Crippen LogP contribution in [0.2, 0.25) is 5.02 Å². The van der Waals surface area contributed by atoms with Crippen molar-refractivity contribution in [1.82, 2.24) is 0 Å². The van der Waals surface area contributed by atoms with Crippen LogP contribution in [0.4, 0.5) is 11.4 Å². The molecule has 7 heteroatoms. The predicted molar refractivity (Wildman–Crippen MR) is 86.3 cm³/mol. The minimum atomic E-state index is -3.55. The van der Waals surface area contributed by atoms with Crippen LogP contribution in [0.15, 0.2) is 46.9 Å². The third kappa shape index (κ3) is 3.88. The molecule has 4 nitrogen and oxygen atoms in total. The number of nitrogen functional groups attached to an aromatic ring is 1. The molecular formula is C13H12BrClN2O2S. The smallest absolute Gasteiger partial charge is 0.237 e. The van der Waals surface area contributed by atoms with Crippen molar-refractivity contribution in [2.75, 3.05) is 10.5 Å². The van der Waals surface area contributed by atoms with E-state index in [2.05, 4.69) is 20.7 Å². The van der Waals surface area contributed by atoms with Gasteiger partial charge in [0.1, 0.15) is 0 Å². The highest BCUT2D eigenvalue weighted by molar-refractivity contribution is 9.10. The number of rotatable bonds is 4. The number of hydrogen-bond acceptors (Lipinski definition) is 3. The monoisotopic (exact) mass is 374 g/mol. The molecule has 2 aromatic carbocycles. The molecule has 0 fully saturated rings. The van der Waals surface area contributed by atoms with Crippen molar-refractivity contribution in [3.63, 3.8) is 0 Å². The fourth-order valence-corrected chi connectivity index (χ4v) is 3.82. The molecule has 0 aliphatic rings. The van der Waals surface area contributed by atoms with Crippen LogP contribution in [0.1, 0.15) is 5.56 Å². The fourth-order valence-electron chi connectivity index (χ4n) is 1.65. The van der Waals surface area contributed by atoms with Crippen molar-refractivity contribution >= 4 is 48.9 Å². The lowest BCUT2D eigenvalue weighted by molar-refractivity contribution is 0.600. The number of benzene rings is 2. The molecule has 0 saturated heterocycles. The predicted octanol–water partition coefficient (Wildman–Crippen LogP) is 3.63. The molecule has 0 aliphatic heterocycles. The van der Waals surface area contributed by atoms with Crippen molar-refractivity contribution in [3.8, 4) is 0 Å². The summed E-state index contributed by atoms with van der Waals surface area (Å²) in [4.78, 5) is 0. The van der Waals surface area contributed by atoms with Crippen LogP contribution in [0.25, 0.3) is 0 Å². The van der Waals surface area contributed by atoms with Crippen molar-refractivity contribution in [1.29, 1.82) is 0 Å². The molecule has 0 heterocycles. The van der Waals surface area contributed by atoms with Crippen LogP contribution < -0.4 is 10.5 Å². The average Bonchev–Trinajstić information content (AvgIpc) is 2.35. The highest BCUT2D eigenvalue weighted by atomic mass is 79.9. The number of sulfonamides is 1. The van der Waals surface area contributed by atoms with Gasteiger partial charge in [0, 0.05) is 15.2 Å². The first-order valence-electron chi connectivity index (χ1n) is 5.66. The molecular weight excluding hydrogens is 364 g/mol. The summed E-state index contributed by atoms with van der Waals surface area (Å²) in [5.41, 5.74) is 7.20. The van der Waals surface area contributed by atoms with Gasteiger partial charge in [-0.3, -0.25) is 4.72 Å². The second kappa shape index (κ2) is 6.03. The van der Waals surface area contributed by atoms with Crippen LogP contribution in [0.3, 0.4) is 0 Å². The Morgan fingerprint density at radius 1 is 1.20 bits per heavy atom. The second-order valence-corrected chi connectivity index (χ2v) is 7.20. The van der Waals surface area contributed by atoms with Crippen molar-refractivity contribution < 1.29 is 8.42 Å². The Morgan fingerprint density at radius 3 is 2.55 bits per heavy atom. The Balaban J connectivity index is 2.22. The van der Waals surface area contributed by atoms with E-state index in [4.69, 9.17) is 17.3 Å². The van der Waals surface area contributed by atoms with Gasteiger partial charge in [0.2, 0.25) is 10.0 Å². The van der Waals surface area contributed by atoms with Gasteiger partial charge in [0.05, 0.1) is 11.4 Å². The molecule has 3 N–H and O–H groups in total. The van der Waals surface area contributed by atoms with Gasteiger partial charge in [0.25, 0.3) is 0 Å². The summed E-state index contributed by atoms with van der Waals surface area (Å²) in [5, 5.41) is 0.520. The summed E-state index contributed by atoms with van der Waals surface area (Å²) < 4.78 is 27.4. The van der Waals surface area contributed by atoms with Crippen LogP contribution in [0, 0.1) is 0 Å². The highest BCUT2D eigenvalue weighted by Crippen LogP contribution is 2.27. The molecule has 0 saturated carbocycles. The lowest BCUT2D eigenvalue weighted by atomic mass is 10.2. The standard InChI is InChI=1S/C13H12BrClN2O2S/c14-11-7-10(15)5-6-13(11)17-20(18,19)8-9-3-1-2-4-12(9)16/h1-7,17H,8,16H2. The van der Waals surface area contributed by atoms with Crippen molar-refractivity contribution in [2.24, 2.45) is 0 Å². The lowest BCUT2D eigenvalue weighted by Crippen LogP contribution is -2.16. The number of anilines is 2. The SMILES string of the molecule is Nc1ccccc1CS(=O)(=O)Nc1ccc(Cl)cc1Br. The molecule has 0 aromatic heterocycles. The van der Waals surface area contributed by atoms with Gasteiger partial charge in [0.15, 0.2) is 0 Å². The average molecular weight is 376 g/mol. The van der Waals surface area contributed by atoms with Gasteiger partial charge < -0.3 is 5.73 Å². The number of para-hydroxylation sites is 1. The molecule has 0 spiro atoms. The van der Waals surface area contributed by atoms with Gasteiger partial charge in [-0.05, 0) is 45.8 Å². The Labute approximate surface area is 131 Å². The van der Waals surface area contributed by atoms with E-state index < -0.39 is 10.0 Å². The van der Waals surface area contributed by atoms with E-state index in [9.17, 15) is 8.42 Å². The molecule has 0 amide bonds. The fraction of sp³-hybridized carbons (Fsp3) is 0.0769. The summed E-state index contributed by atoms with van der Waals surface area (Å²) >= 11 is 9.08. The highest BCUT2D eigenvalue weighted by Gasteiger charge is 2.15. The maximum atomic E-state index is 12.1. The summed E-state index contributed by atoms with van der Waals surface area (Å²) in [6.45, 7) is 0. The largest absolute Gasteiger partial charge is 0.398 e. The van der Waals surface area contributed by atoms with E-state index >= 15 is 0 Å². The van der Waals surface area contributed by atoms with E-state index in [1.807, 2.05) is 0 Å². The van der Waals surface area contributed by atoms with Crippen LogP contribution in [-0.2, 0) is 15.8 Å². The summed E-state index contributed by atoms with van der Waals surface area (Å²) in [6, 6.07) is 11.7. The number of nitrogens with one attached hydrogen (secondary N) is 1. The first kappa shape index (κ1) is 15.2. The Bertz CT molecular complexity index is 735. The Hall–Kier alpha value is -1.24. The molecule has 0 radical (unpaired) electrons. The van der Waals surface area contributed by atoms with Gasteiger partial charge in [-0.2, -0.15) is 0 Å². The van der Waals surface area contributed by atoms with E-state index in [0.29, 0.717) is 26.4 Å². The lowest BCUT2D eigenvalue weighted by Gasteiger charge is -2.11. The first-order valence-corrected chi connectivity index (χ1v) is 8.48. The summed E-state index contributed by atoms with van der Waals surface area (Å²) in [7, 11) is -3.55. The maximum Gasteiger partial charge on any atom is 0.237 e. The number of hydrogen-bond donors (Lipinski definition) is 2. The van der Waals surface area contributed by atoms with Gasteiger partial charge in [-0.25, -0.2) is 8.42 Å². The van der Waals surface area contributed by atoms with Gasteiger partial charge >= 0.3 is 0 Å². The first-order chi connectivity index (χ1) is 9.37. The molecule has 0 atom stereocenters. The third-order valence-electron chi connectivity index (χ3n) is 2.60. The molecule has 0 unspecified atom stereocenters. The normalized spacial score (nSPS) is 11.3. The zero-order valence-electron chi connectivity index (χ0n) is 10.3. The molecule has 2 aromatic rings. The third-order valence-corrected chi connectivity index (χ3v) is 4.71. The minimum absolute atomic E-state index is 0.186. The minimum Gasteiger partial charge on any atom is -0.398 e. The second-order valence-electron chi connectivity index (χ2n) is 4.18. The van der Waals surface area contributed by atoms with Crippen molar-refractivity contribution in [2.45, 2.75) is 5.75 Å². The van der Waals surface area contributed by atoms with Crippen LogP contribution in [-0.4, -0.2) is 8.42 Å². The molecule has 2 rings (SSSR count). The quantitative estimate of drug-likeness (QED) is 0.802. The van der Waals surface area contributed by atoms with Crippen molar-refractivity contribution in [3.05, 3.63) is 57.5 Å². The Kier molecular flexibility index (Phi) is 4.57.